The van der Waals surface area contributed by atoms with E-state index in [2.05, 4.69) is 81.1 Å². The summed E-state index contributed by atoms with van der Waals surface area (Å²) in [6.07, 6.45) is 1.39. The van der Waals surface area contributed by atoms with Crippen LogP contribution >= 0.6 is 0 Å². The van der Waals surface area contributed by atoms with Gasteiger partial charge in [-0.3, -0.25) is 4.79 Å². The van der Waals surface area contributed by atoms with Gasteiger partial charge >= 0.3 is 0 Å². The molecular formula is C26H31N3O. The second-order valence-electron chi connectivity index (χ2n) is 9.71. The molecule has 156 valence electrons. The van der Waals surface area contributed by atoms with Crippen LogP contribution in [0.1, 0.15) is 61.6 Å². The Hall–Kier alpha value is -2.88. The molecular weight excluding hydrogens is 370 g/mol. The van der Waals surface area contributed by atoms with E-state index >= 15 is 0 Å². The number of hydrogen-bond donors (Lipinski definition) is 0. The fourth-order valence-electron chi connectivity index (χ4n) is 4.28. The minimum Gasteiger partial charge on any atom is -0.378 e. The number of hydrogen-bond acceptors (Lipinski definition) is 3. The third-order valence-corrected chi connectivity index (χ3v) is 6.01. The number of nitrogens with zero attached hydrogens (tertiary/aromatic N) is 3. The van der Waals surface area contributed by atoms with Crippen molar-refractivity contribution >= 4 is 11.5 Å². The standard InChI is InChI=1S/C26H31N3O/c1-17(2)18-7-13-21(14-8-18)29-22-15-26(3,4)16-23(30)24(22)25(27-29)19-9-11-20(12-10-19)28(5)6/h7-14,17H,15-16H2,1-6H3. The predicted octanol–water partition coefficient (Wildman–Crippen LogP) is 5.88. The molecule has 4 heteroatoms. The SMILES string of the molecule is CC(C)c1ccc(-n2nc(-c3ccc(N(C)C)cc3)c3c2CC(C)(C)CC3=O)cc1. The maximum atomic E-state index is 13.2. The molecule has 1 aromatic heterocycles. The van der Waals surface area contributed by atoms with Crippen molar-refractivity contribution in [1.29, 1.82) is 0 Å². The monoisotopic (exact) mass is 401 g/mol. The summed E-state index contributed by atoms with van der Waals surface area (Å²) in [7, 11) is 4.05. The zero-order chi connectivity index (χ0) is 21.6. The van der Waals surface area contributed by atoms with Crippen molar-refractivity contribution in [3.63, 3.8) is 0 Å². The zero-order valence-corrected chi connectivity index (χ0v) is 18.9. The smallest absolute Gasteiger partial charge is 0.167 e. The highest BCUT2D eigenvalue weighted by atomic mass is 16.1. The van der Waals surface area contributed by atoms with Gasteiger partial charge in [0.1, 0.15) is 5.69 Å². The molecule has 1 heterocycles. The van der Waals surface area contributed by atoms with Crippen LogP contribution in [0.5, 0.6) is 0 Å². The van der Waals surface area contributed by atoms with Gasteiger partial charge in [-0.25, -0.2) is 4.68 Å². The first-order chi connectivity index (χ1) is 14.2. The van der Waals surface area contributed by atoms with Crippen molar-refractivity contribution in [2.75, 3.05) is 19.0 Å². The lowest BCUT2D eigenvalue weighted by molar-refractivity contribution is 0.0911. The lowest BCUT2D eigenvalue weighted by Crippen LogP contribution is -2.28. The minimum atomic E-state index is -0.0637. The Labute approximate surface area is 179 Å². The molecule has 1 aliphatic rings. The molecule has 0 bridgehead atoms. The van der Waals surface area contributed by atoms with Gasteiger partial charge in [-0.15, -0.1) is 0 Å². The predicted molar refractivity (Wildman–Crippen MR) is 124 cm³/mol. The van der Waals surface area contributed by atoms with Gasteiger partial charge in [0.2, 0.25) is 0 Å². The van der Waals surface area contributed by atoms with Crippen molar-refractivity contribution in [1.82, 2.24) is 9.78 Å². The normalized spacial score (nSPS) is 15.4. The van der Waals surface area contributed by atoms with E-state index in [9.17, 15) is 4.79 Å². The van der Waals surface area contributed by atoms with Crippen LogP contribution in [0.3, 0.4) is 0 Å². The molecule has 0 radical (unpaired) electrons. The molecule has 0 unspecified atom stereocenters. The Morgan fingerprint density at radius 3 is 2.17 bits per heavy atom. The molecule has 0 fully saturated rings. The number of carbonyl (C=O) groups excluding carboxylic acids is 1. The van der Waals surface area contributed by atoms with Crippen LogP contribution in [0.2, 0.25) is 0 Å². The van der Waals surface area contributed by atoms with Crippen LogP contribution in [0.15, 0.2) is 48.5 Å². The zero-order valence-electron chi connectivity index (χ0n) is 18.9. The first-order valence-corrected chi connectivity index (χ1v) is 10.7. The number of ketones is 1. The largest absolute Gasteiger partial charge is 0.378 e. The van der Waals surface area contributed by atoms with Crippen LogP contribution in [-0.2, 0) is 6.42 Å². The summed E-state index contributed by atoms with van der Waals surface area (Å²) in [4.78, 5) is 15.3. The number of Topliss-reactive ketones (excluding diaryl/α,β-unsaturated/α-hetero) is 1. The average molecular weight is 402 g/mol. The second kappa shape index (κ2) is 7.42. The fraction of sp³-hybridized carbons (Fsp3) is 0.385. The Kier molecular flexibility index (Phi) is 5.05. The average Bonchev–Trinajstić information content (AvgIpc) is 3.06. The van der Waals surface area contributed by atoms with E-state index in [1.165, 1.54) is 5.56 Å². The third kappa shape index (κ3) is 3.67. The number of fused-ring (bicyclic) bond motifs is 1. The van der Waals surface area contributed by atoms with Gasteiger partial charge in [0.05, 0.1) is 16.9 Å². The summed E-state index contributed by atoms with van der Waals surface area (Å²) in [5.41, 5.74) is 6.98. The molecule has 0 saturated heterocycles. The van der Waals surface area contributed by atoms with E-state index in [4.69, 9.17) is 5.10 Å². The summed E-state index contributed by atoms with van der Waals surface area (Å²) in [6.45, 7) is 8.72. The number of rotatable bonds is 4. The molecule has 1 aliphatic carbocycles. The molecule has 30 heavy (non-hydrogen) atoms. The first kappa shape index (κ1) is 20.4. The van der Waals surface area contributed by atoms with Gasteiger partial charge in [0.25, 0.3) is 0 Å². The van der Waals surface area contributed by atoms with E-state index in [-0.39, 0.29) is 11.2 Å². The molecule has 4 nitrogen and oxygen atoms in total. The van der Waals surface area contributed by atoms with Gasteiger partial charge in [0.15, 0.2) is 5.78 Å². The van der Waals surface area contributed by atoms with E-state index in [1.807, 2.05) is 18.8 Å². The fourth-order valence-corrected chi connectivity index (χ4v) is 4.28. The Morgan fingerprint density at radius 2 is 1.60 bits per heavy atom. The van der Waals surface area contributed by atoms with E-state index in [1.54, 1.807) is 0 Å². The molecule has 0 spiro atoms. The van der Waals surface area contributed by atoms with Crippen molar-refractivity contribution < 1.29 is 4.79 Å². The van der Waals surface area contributed by atoms with Gasteiger partial charge < -0.3 is 4.90 Å². The molecule has 3 aromatic rings. The summed E-state index contributed by atoms with van der Waals surface area (Å²) in [5.74, 6) is 0.676. The highest BCUT2D eigenvalue weighted by Crippen LogP contribution is 2.40. The molecule has 0 saturated carbocycles. The van der Waals surface area contributed by atoms with Crippen molar-refractivity contribution in [3.8, 4) is 16.9 Å². The van der Waals surface area contributed by atoms with Gasteiger partial charge in [0, 0.05) is 31.8 Å². The van der Waals surface area contributed by atoms with Crippen LogP contribution < -0.4 is 4.90 Å². The highest BCUT2D eigenvalue weighted by molar-refractivity contribution is 6.04. The number of anilines is 1. The lowest BCUT2D eigenvalue weighted by Gasteiger charge is -2.29. The Balaban J connectivity index is 1.87. The Morgan fingerprint density at radius 1 is 0.967 bits per heavy atom. The van der Waals surface area contributed by atoms with Crippen molar-refractivity contribution in [2.45, 2.75) is 46.5 Å². The van der Waals surface area contributed by atoms with Crippen molar-refractivity contribution in [3.05, 3.63) is 65.4 Å². The topological polar surface area (TPSA) is 38.1 Å². The number of carbonyl (C=O) groups is 1. The van der Waals surface area contributed by atoms with E-state index in [0.717, 1.165) is 40.3 Å². The first-order valence-electron chi connectivity index (χ1n) is 10.7. The molecule has 0 aliphatic heterocycles. The van der Waals surface area contributed by atoms with Gasteiger partial charge in [-0.2, -0.15) is 5.10 Å². The van der Waals surface area contributed by atoms with Crippen molar-refractivity contribution in [2.24, 2.45) is 5.41 Å². The quantitative estimate of drug-likeness (QED) is 0.547. The summed E-state index contributed by atoms with van der Waals surface area (Å²) in [5, 5.41) is 4.98. The summed E-state index contributed by atoms with van der Waals surface area (Å²) < 4.78 is 1.99. The number of aromatic nitrogens is 2. The third-order valence-electron chi connectivity index (χ3n) is 6.01. The Bertz CT molecular complexity index is 1070. The second-order valence-corrected chi connectivity index (χ2v) is 9.71. The van der Waals surface area contributed by atoms with Gasteiger partial charge in [-0.05, 0) is 47.6 Å². The number of benzene rings is 2. The van der Waals surface area contributed by atoms with Crippen LogP contribution in [0.4, 0.5) is 5.69 Å². The molecule has 0 N–H and O–H groups in total. The van der Waals surface area contributed by atoms with E-state index in [0.29, 0.717) is 12.3 Å². The maximum absolute atomic E-state index is 13.2. The highest BCUT2D eigenvalue weighted by Gasteiger charge is 2.37. The van der Waals surface area contributed by atoms with Crippen LogP contribution in [0, 0.1) is 5.41 Å². The van der Waals surface area contributed by atoms with Crippen LogP contribution in [-0.4, -0.2) is 29.7 Å². The molecule has 2 aromatic carbocycles. The maximum Gasteiger partial charge on any atom is 0.167 e. The molecule has 0 amide bonds. The lowest BCUT2D eigenvalue weighted by atomic mass is 9.75. The molecule has 4 rings (SSSR count). The van der Waals surface area contributed by atoms with E-state index < -0.39 is 0 Å². The minimum absolute atomic E-state index is 0.0637. The van der Waals surface area contributed by atoms with Crippen LogP contribution in [0.25, 0.3) is 16.9 Å². The summed E-state index contributed by atoms with van der Waals surface area (Å²) >= 11 is 0. The molecule has 0 atom stereocenters. The summed E-state index contributed by atoms with van der Waals surface area (Å²) in [6, 6.07) is 16.9. The van der Waals surface area contributed by atoms with Gasteiger partial charge in [-0.1, -0.05) is 52.0 Å².